The number of anilines is 1. The lowest BCUT2D eigenvalue weighted by Gasteiger charge is -2.22. The number of halogens is 2. The van der Waals surface area contributed by atoms with Crippen LogP contribution in [0.25, 0.3) is 0 Å². The number of carbonyl (C=O) groups excluding carboxylic acids is 1. The van der Waals surface area contributed by atoms with Gasteiger partial charge in [0.05, 0.1) is 6.10 Å². The van der Waals surface area contributed by atoms with Crippen molar-refractivity contribution >= 4 is 11.6 Å². The molecule has 0 bridgehead atoms. The second-order valence-electron chi connectivity index (χ2n) is 5.14. The second kappa shape index (κ2) is 6.05. The lowest BCUT2D eigenvalue weighted by atomic mass is 10.1. The van der Waals surface area contributed by atoms with E-state index in [1.165, 1.54) is 18.2 Å². The van der Waals surface area contributed by atoms with Crippen molar-refractivity contribution in [3.8, 4) is 11.5 Å². The van der Waals surface area contributed by atoms with E-state index in [1.54, 1.807) is 0 Å². The van der Waals surface area contributed by atoms with Crippen molar-refractivity contribution in [1.29, 1.82) is 0 Å². The summed E-state index contributed by atoms with van der Waals surface area (Å²) < 4.78 is 39.9. The Hall–Kier alpha value is -1.93. The molecule has 3 rings (SSSR count). The minimum absolute atomic E-state index is 0.0612. The number of alkyl halides is 2. The SMILES string of the molecule is O=C(COC1CCNCC1)Nc1ccc2c(c1)OC(F)(F)O2. The minimum Gasteiger partial charge on any atom is -0.395 e. The van der Waals surface area contributed by atoms with Crippen LogP contribution in [0.5, 0.6) is 11.5 Å². The van der Waals surface area contributed by atoms with Gasteiger partial charge in [-0.2, -0.15) is 0 Å². The van der Waals surface area contributed by atoms with Crippen molar-refractivity contribution < 1.29 is 27.8 Å². The normalized spacial score (nSPS) is 19.9. The van der Waals surface area contributed by atoms with Gasteiger partial charge in [0, 0.05) is 11.8 Å². The molecule has 2 aliphatic heterocycles. The van der Waals surface area contributed by atoms with Crippen LogP contribution >= 0.6 is 0 Å². The summed E-state index contributed by atoms with van der Waals surface area (Å²) in [5.74, 6) is -0.514. The molecule has 120 valence electrons. The quantitative estimate of drug-likeness (QED) is 0.885. The summed E-state index contributed by atoms with van der Waals surface area (Å²) in [4.78, 5) is 11.8. The molecule has 8 heteroatoms. The molecule has 6 nitrogen and oxygen atoms in total. The largest absolute Gasteiger partial charge is 0.586 e. The van der Waals surface area contributed by atoms with Gasteiger partial charge in [0.15, 0.2) is 11.5 Å². The molecule has 1 amide bonds. The fourth-order valence-electron chi connectivity index (χ4n) is 2.38. The number of rotatable bonds is 4. The minimum atomic E-state index is -3.66. The van der Waals surface area contributed by atoms with E-state index < -0.39 is 6.29 Å². The van der Waals surface area contributed by atoms with Crippen LogP contribution in [0.3, 0.4) is 0 Å². The first-order valence-corrected chi connectivity index (χ1v) is 7.04. The summed E-state index contributed by atoms with van der Waals surface area (Å²) in [5.41, 5.74) is 0.346. The highest BCUT2D eigenvalue weighted by Gasteiger charge is 2.43. The number of benzene rings is 1. The summed E-state index contributed by atoms with van der Waals surface area (Å²) in [6.45, 7) is 1.68. The van der Waals surface area contributed by atoms with Crippen molar-refractivity contribution in [1.82, 2.24) is 5.32 Å². The molecule has 0 unspecified atom stereocenters. The van der Waals surface area contributed by atoms with Gasteiger partial charge in [-0.3, -0.25) is 4.79 Å². The van der Waals surface area contributed by atoms with Crippen molar-refractivity contribution in [2.45, 2.75) is 25.2 Å². The van der Waals surface area contributed by atoms with Gasteiger partial charge < -0.3 is 24.8 Å². The van der Waals surface area contributed by atoms with E-state index in [0.717, 1.165) is 25.9 Å². The van der Waals surface area contributed by atoms with Gasteiger partial charge in [-0.25, -0.2) is 0 Å². The molecule has 1 saturated heterocycles. The van der Waals surface area contributed by atoms with Crippen molar-refractivity contribution in [3.05, 3.63) is 18.2 Å². The molecule has 2 heterocycles. The van der Waals surface area contributed by atoms with E-state index in [0.29, 0.717) is 5.69 Å². The van der Waals surface area contributed by atoms with E-state index >= 15 is 0 Å². The van der Waals surface area contributed by atoms with Gasteiger partial charge in [-0.15, -0.1) is 8.78 Å². The number of ether oxygens (including phenoxy) is 3. The molecule has 0 atom stereocenters. The molecule has 0 saturated carbocycles. The summed E-state index contributed by atoms with van der Waals surface area (Å²) >= 11 is 0. The molecule has 0 radical (unpaired) electrons. The standard InChI is InChI=1S/C14H16F2N2O4/c15-14(16)21-11-2-1-9(7-12(11)22-14)18-13(19)8-20-10-3-5-17-6-4-10/h1-2,7,10,17H,3-6,8H2,(H,18,19). The fraction of sp³-hybridized carbons (Fsp3) is 0.500. The number of fused-ring (bicyclic) bond motifs is 1. The zero-order valence-electron chi connectivity index (χ0n) is 11.7. The first-order chi connectivity index (χ1) is 10.5. The Kier molecular flexibility index (Phi) is 4.12. The Balaban J connectivity index is 1.52. The maximum absolute atomic E-state index is 12.9. The molecule has 2 aliphatic rings. The topological polar surface area (TPSA) is 68.8 Å². The Morgan fingerprint density at radius 1 is 1.32 bits per heavy atom. The molecule has 0 spiro atoms. The average molecular weight is 314 g/mol. The third-order valence-electron chi connectivity index (χ3n) is 3.42. The average Bonchev–Trinajstić information content (AvgIpc) is 2.79. The van der Waals surface area contributed by atoms with Crippen LogP contribution in [0.15, 0.2) is 18.2 Å². The van der Waals surface area contributed by atoms with Gasteiger partial charge in [0.25, 0.3) is 0 Å². The van der Waals surface area contributed by atoms with Crippen LogP contribution in [0.2, 0.25) is 0 Å². The van der Waals surface area contributed by atoms with Crippen LogP contribution in [0.4, 0.5) is 14.5 Å². The lowest BCUT2D eigenvalue weighted by Crippen LogP contribution is -2.34. The maximum atomic E-state index is 12.9. The van der Waals surface area contributed by atoms with Crippen LogP contribution in [-0.4, -0.2) is 38.0 Å². The number of hydrogen-bond acceptors (Lipinski definition) is 5. The van der Waals surface area contributed by atoms with Gasteiger partial charge in [-0.05, 0) is 38.1 Å². The van der Waals surface area contributed by atoms with Crippen LogP contribution in [-0.2, 0) is 9.53 Å². The number of amides is 1. The molecule has 1 aromatic rings. The molecule has 22 heavy (non-hydrogen) atoms. The predicted molar refractivity (Wildman–Crippen MR) is 73.1 cm³/mol. The first kappa shape index (κ1) is 15.0. The van der Waals surface area contributed by atoms with Gasteiger partial charge in [0.1, 0.15) is 6.61 Å². The number of piperidine rings is 1. The first-order valence-electron chi connectivity index (χ1n) is 7.04. The highest BCUT2D eigenvalue weighted by Crippen LogP contribution is 2.42. The zero-order valence-corrected chi connectivity index (χ0v) is 11.7. The molecule has 1 fully saturated rings. The molecule has 0 aromatic heterocycles. The van der Waals surface area contributed by atoms with Crippen molar-refractivity contribution in [2.24, 2.45) is 0 Å². The Labute approximate surface area is 125 Å². The number of hydrogen-bond donors (Lipinski definition) is 2. The maximum Gasteiger partial charge on any atom is 0.586 e. The van der Waals surface area contributed by atoms with Crippen molar-refractivity contribution in [3.63, 3.8) is 0 Å². The van der Waals surface area contributed by atoms with Crippen LogP contribution in [0, 0.1) is 0 Å². The van der Waals surface area contributed by atoms with E-state index in [2.05, 4.69) is 20.1 Å². The van der Waals surface area contributed by atoms with Gasteiger partial charge in [-0.1, -0.05) is 0 Å². The molecule has 1 aromatic carbocycles. The van der Waals surface area contributed by atoms with E-state index in [4.69, 9.17) is 4.74 Å². The van der Waals surface area contributed by atoms with Crippen LogP contribution in [0.1, 0.15) is 12.8 Å². The number of carbonyl (C=O) groups is 1. The zero-order chi connectivity index (χ0) is 15.6. The van der Waals surface area contributed by atoms with E-state index in [-0.39, 0.29) is 30.1 Å². The summed E-state index contributed by atoms with van der Waals surface area (Å²) in [6, 6.07) is 4.07. The van der Waals surface area contributed by atoms with Crippen molar-refractivity contribution in [2.75, 3.05) is 25.0 Å². The second-order valence-corrected chi connectivity index (χ2v) is 5.14. The number of nitrogens with one attached hydrogen (secondary N) is 2. The molecule has 2 N–H and O–H groups in total. The van der Waals surface area contributed by atoms with E-state index in [9.17, 15) is 13.6 Å². The predicted octanol–water partition coefficient (Wildman–Crippen LogP) is 1.72. The summed E-state index contributed by atoms with van der Waals surface area (Å²) in [5, 5.41) is 5.78. The Morgan fingerprint density at radius 2 is 2.05 bits per heavy atom. The van der Waals surface area contributed by atoms with E-state index in [1.807, 2.05) is 0 Å². The Bertz CT molecular complexity index is 562. The monoisotopic (exact) mass is 314 g/mol. The fourth-order valence-corrected chi connectivity index (χ4v) is 2.38. The van der Waals surface area contributed by atoms with Gasteiger partial charge >= 0.3 is 6.29 Å². The molecular weight excluding hydrogens is 298 g/mol. The molecular formula is C14H16F2N2O4. The molecule has 0 aliphatic carbocycles. The third-order valence-corrected chi connectivity index (χ3v) is 3.42. The smallest absolute Gasteiger partial charge is 0.395 e. The highest BCUT2D eigenvalue weighted by atomic mass is 19.3. The Morgan fingerprint density at radius 3 is 2.82 bits per heavy atom. The third kappa shape index (κ3) is 3.63. The highest BCUT2D eigenvalue weighted by molar-refractivity contribution is 5.92. The summed E-state index contributed by atoms with van der Waals surface area (Å²) in [6.07, 6.45) is -1.86. The lowest BCUT2D eigenvalue weighted by molar-refractivity contribution is -0.286. The summed E-state index contributed by atoms with van der Waals surface area (Å²) in [7, 11) is 0. The van der Waals surface area contributed by atoms with Gasteiger partial charge in [0.2, 0.25) is 5.91 Å². The van der Waals surface area contributed by atoms with Crippen LogP contribution < -0.4 is 20.1 Å².